The van der Waals surface area contributed by atoms with Crippen LogP contribution in [0.4, 0.5) is 0 Å². The first kappa shape index (κ1) is 18.4. The van der Waals surface area contributed by atoms with E-state index in [9.17, 15) is 4.79 Å². The quantitative estimate of drug-likeness (QED) is 0.812. The van der Waals surface area contributed by atoms with Crippen molar-refractivity contribution >= 4 is 5.91 Å². The minimum absolute atomic E-state index is 0.0767. The number of amides is 1. The van der Waals surface area contributed by atoms with Crippen LogP contribution in [0.15, 0.2) is 6.07 Å². The largest absolute Gasteiger partial charge is 0.334 e. The molecule has 2 saturated heterocycles. The van der Waals surface area contributed by atoms with E-state index in [4.69, 9.17) is 0 Å². The van der Waals surface area contributed by atoms with E-state index in [0.717, 1.165) is 25.3 Å². The lowest BCUT2D eigenvalue weighted by Gasteiger charge is -2.50. The van der Waals surface area contributed by atoms with E-state index < -0.39 is 0 Å². The molecule has 0 N–H and O–H groups in total. The maximum absolute atomic E-state index is 12.6. The summed E-state index contributed by atoms with van der Waals surface area (Å²) in [5.41, 5.74) is 1.60. The van der Waals surface area contributed by atoms with Crippen molar-refractivity contribution in [2.24, 2.45) is 13.0 Å². The lowest BCUT2D eigenvalue weighted by molar-refractivity contribution is -0.00828. The number of likely N-dealkylation sites (tertiary alicyclic amines) is 2. The van der Waals surface area contributed by atoms with Crippen molar-refractivity contribution in [2.75, 3.05) is 39.8 Å². The maximum atomic E-state index is 12.6. The molecule has 6 heteroatoms. The van der Waals surface area contributed by atoms with Gasteiger partial charge in [0, 0.05) is 44.5 Å². The van der Waals surface area contributed by atoms with Crippen molar-refractivity contribution in [3.8, 4) is 0 Å². The Labute approximate surface area is 151 Å². The van der Waals surface area contributed by atoms with Gasteiger partial charge in [-0.1, -0.05) is 13.8 Å². The van der Waals surface area contributed by atoms with Crippen LogP contribution in [-0.2, 0) is 7.05 Å². The van der Waals surface area contributed by atoms with E-state index in [1.165, 1.54) is 25.9 Å². The molecule has 6 nitrogen and oxygen atoms in total. The van der Waals surface area contributed by atoms with Crippen LogP contribution in [0.1, 0.15) is 42.9 Å². The first-order chi connectivity index (χ1) is 11.8. The fourth-order valence-electron chi connectivity index (χ4n) is 4.00. The number of carbonyl (C=O) groups excluding carboxylic acids is 1. The van der Waals surface area contributed by atoms with E-state index in [-0.39, 0.29) is 5.91 Å². The minimum atomic E-state index is 0.0767. The molecule has 1 aromatic heterocycles. The normalized spacial score (nSPS) is 20.5. The molecule has 2 aliphatic rings. The van der Waals surface area contributed by atoms with E-state index in [2.05, 4.69) is 35.8 Å². The lowest BCUT2D eigenvalue weighted by Crippen LogP contribution is -2.64. The van der Waals surface area contributed by atoms with Gasteiger partial charge >= 0.3 is 0 Å². The number of aryl methyl sites for hydroxylation is 2. The summed E-state index contributed by atoms with van der Waals surface area (Å²) in [7, 11) is 4.09. The van der Waals surface area contributed by atoms with E-state index in [1.807, 2.05) is 24.9 Å². The number of rotatable bonds is 5. The van der Waals surface area contributed by atoms with Crippen LogP contribution in [0, 0.1) is 12.8 Å². The Balaban J connectivity index is 1.60. The van der Waals surface area contributed by atoms with Gasteiger partial charge in [0.05, 0.1) is 0 Å². The molecule has 0 radical (unpaired) electrons. The Morgan fingerprint density at radius 1 is 1.24 bits per heavy atom. The zero-order chi connectivity index (χ0) is 18.1. The molecule has 25 heavy (non-hydrogen) atoms. The summed E-state index contributed by atoms with van der Waals surface area (Å²) in [4.78, 5) is 19.7. The number of hydrogen-bond acceptors (Lipinski definition) is 4. The topological polar surface area (TPSA) is 44.6 Å². The van der Waals surface area contributed by atoms with Crippen LogP contribution in [-0.4, -0.2) is 82.2 Å². The molecule has 140 valence electrons. The Hall–Kier alpha value is -1.40. The average Bonchev–Trinajstić information content (AvgIpc) is 2.84. The Bertz CT molecular complexity index is 577. The van der Waals surface area contributed by atoms with Crippen molar-refractivity contribution in [1.82, 2.24) is 24.5 Å². The molecule has 2 fully saturated rings. The Morgan fingerprint density at radius 2 is 1.88 bits per heavy atom. The molecule has 1 amide bonds. The number of carbonyl (C=O) groups is 1. The van der Waals surface area contributed by atoms with Crippen LogP contribution >= 0.6 is 0 Å². The lowest BCUT2D eigenvalue weighted by atomic mass is 9.96. The third-order valence-electron chi connectivity index (χ3n) is 5.68. The molecule has 1 aromatic rings. The summed E-state index contributed by atoms with van der Waals surface area (Å²) < 4.78 is 1.77. The van der Waals surface area contributed by atoms with Crippen LogP contribution in [0.2, 0.25) is 0 Å². The molecule has 0 atom stereocenters. The van der Waals surface area contributed by atoms with E-state index in [1.54, 1.807) is 4.68 Å². The summed E-state index contributed by atoms with van der Waals surface area (Å²) in [6, 6.07) is 3.06. The third kappa shape index (κ3) is 4.06. The van der Waals surface area contributed by atoms with Gasteiger partial charge in [0.1, 0.15) is 0 Å². The standard InChI is InChI=1S/C19H33N5O/c1-14(2)11-24(16-6-8-21(4)9-7-16)17-12-23(13-17)19(25)18-10-15(3)22(5)20-18/h10,14,16-17H,6-9,11-13H2,1-5H3. The van der Waals surface area contributed by atoms with Gasteiger partial charge < -0.3 is 9.80 Å². The molecule has 3 rings (SSSR count). The van der Waals surface area contributed by atoms with Crippen molar-refractivity contribution in [2.45, 2.75) is 45.7 Å². The molecule has 0 unspecified atom stereocenters. The molecule has 0 bridgehead atoms. The van der Waals surface area contributed by atoms with Crippen LogP contribution < -0.4 is 0 Å². The molecular formula is C19H33N5O. The second-order valence-corrected chi connectivity index (χ2v) is 8.28. The highest BCUT2D eigenvalue weighted by Crippen LogP contribution is 2.25. The second kappa shape index (κ2) is 7.46. The Kier molecular flexibility index (Phi) is 5.49. The number of piperidine rings is 1. The molecule has 0 spiro atoms. The molecular weight excluding hydrogens is 314 g/mol. The highest BCUT2D eigenvalue weighted by atomic mass is 16.2. The van der Waals surface area contributed by atoms with Gasteiger partial charge in [-0.2, -0.15) is 5.10 Å². The predicted molar refractivity (Wildman–Crippen MR) is 99.7 cm³/mol. The summed E-state index contributed by atoms with van der Waals surface area (Å²) in [5.74, 6) is 0.732. The van der Waals surface area contributed by atoms with Crippen molar-refractivity contribution < 1.29 is 4.79 Å². The smallest absolute Gasteiger partial charge is 0.274 e. The van der Waals surface area contributed by atoms with Crippen molar-refractivity contribution in [3.63, 3.8) is 0 Å². The van der Waals surface area contributed by atoms with Crippen molar-refractivity contribution in [3.05, 3.63) is 17.5 Å². The van der Waals surface area contributed by atoms with Gasteiger partial charge in [-0.05, 0) is 51.9 Å². The highest BCUT2D eigenvalue weighted by molar-refractivity contribution is 5.93. The van der Waals surface area contributed by atoms with Gasteiger partial charge in [-0.15, -0.1) is 0 Å². The molecule has 0 saturated carbocycles. The monoisotopic (exact) mass is 347 g/mol. The van der Waals surface area contributed by atoms with Gasteiger partial charge in [0.25, 0.3) is 5.91 Å². The fraction of sp³-hybridized carbons (Fsp3) is 0.789. The predicted octanol–water partition coefficient (Wildman–Crippen LogP) is 1.61. The fourth-order valence-corrected chi connectivity index (χ4v) is 4.00. The zero-order valence-corrected chi connectivity index (χ0v) is 16.4. The van der Waals surface area contributed by atoms with Crippen LogP contribution in [0.25, 0.3) is 0 Å². The third-order valence-corrected chi connectivity index (χ3v) is 5.68. The van der Waals surface area contributed by atoms with Crippen molar-refractivity contribution in [1.29, 1.82) is 0 Å². The molecule has 0 aliphatic carbocycles. The molecule has 3 heterocycles. The van der Waals surface area contributed by atoms with Gasteiger partial charge in [-0.25, -0.2) is 0 Å². The Morgan fingerprint density at radius 3 is 2.40 bits per heavy atom. The summed E-state index contributed by atoms with van der Waals surface area (Å²) in [5, 5.41) is 4.34. The zero-order valence-electron chi connectivity index (χ0n) is 16.4. The minimum Gasteiger partial charge on any atom is -0.334 e. The van der Waals surface area contributed by atoms with E-state index in [0.29, 0.717) is 23.7 Å². The summed E-state index contributed by atoms with van der Waals surface area (Å²) in [6.07, 6.45) is 2.49. The number of aromatic nitrogens is 2. The maximum Gasteiger partial charge on any atom is 0.274 e. The highest BCUT2D eigenvalue weighted by Gasteiger charge is 2.39. The molecule has 2 aliphatic heterocycles. The first-order valence-electron chi connectivity index (χ1n) is 9.59. The van der Waals surface area contributed by atoms with Gasteiger partial charge in [-0.3, -0.25) is 14.4 Å². The SMILES string of the molecule is Cc1cc(C(=O)N2CC(N(CC(C)C)C3CCN(C)CC3)C2)nn1C. The summed E-state index contributed by atoms with van der Waals surface area (Å²) in [6.45, 7) is 11.7. The van der Waals surface area contributed by atoms with Crippen LogP contribution in [0.3, 0.4) is 0 Å². The average molecular weight is 348 g/mol. The number of nitrogens with zero attached hydrogens (tertiary/aromatic N) is 5. The van der Waals surface area contributed by atoms with Gasteiger partial charge in [0.15, 0.2) is 5.69 Å². The van der Waals surface area contributed by atoms with E-state index >= 15 is 0 Å². The first-order valence-corrected chi connectivity index (χ1v) is 9.59. The van der Waals surface area contributed by atoms with Crippen LogP contribution in [0.5, 0.6) is 0 Å². The van der Waals surface area contributed by atoms with Gasteiger partial charge in [0.2, 0.25) is 0 Å². The second-order valence-electron chi connectivity index (χ2n) is 8.28. The summed E-state index contributed by atoms with van der Waals surface area (Å²) >= 11 is 0. The molecule has 0 aromatic carbocycles. The number of hydrogen-bond donors (Lipinski definition) is 0.